The highest BCUT2D eigenvalue weighted by Gasteiger charge is 2.22. The fourth-order valence-corrected chi connectivity index (χ4v) is 3.70. The third-order valence-electron chi connectivity index (χ3n) is 4.51. The molecule has 0 radical (unpaired) electrons. The van der Waals surface area contributed by atoms with Gasteiger partial charge in [0.1, 0.15) is 6.07 Å². The van der Waals surface area contributed by atoms with Crippen LogP contribution in [0.5, 0.6) is 17.2 Å². The Hall–Kier alpha value is -3.71. The number of carbonyl (C=O) groups is 1. The van der Waals surface area contributed by atoms with Crippen LogP contribution in [-0.4, -0.2) is 41.2 Å². The highest BCUT2D eigenvalue weighted by atomic mass is 32.2. The van der Waals surface area contributed by atoms with E-state index in [4.69, 9.17) is 18.6 Å². The Balaban J connectivity index is 1.79. The van der Waals surface area contributed by atoms with Crippen molar-refractivity contribution in [2.45, 2.75) is 38.2 Å². The molecule has 0 bridgehead atoms. The van der Waals surface area contributed by atoms with Gasteiger partial charge in [-0.1, -0.05) is 23.9 Å². The molecule has 10 heteroatoms. The fraction of sp³-hybridized carbons (Fsp3) is 0.333. The number of hydrogen-bond acceptors (Lipinski definition) is 9. The van der Waals surface area contributed by atoms with Crippen LogP contribution in [0.1, 0.15) is 33.3 Å². The van der Waals surface area contributed by atoms with E-state index >= 15 is 0 Å². The van der Waals surface area contributed by atoms with Crippen LogP contribution in [0, 0.1) is 11.3 Å². The molecule has 1 amide bonds. The van der Waals surface area contributed by atoms with Crippen LogP contribution in [-0.2, 0) is 4.79 Å². The molecule has 9 nitrogen and oxygen atoms in total. The number of amides is 1. The number of nitrogens with one attached hydrogen (secondary N) is 1. The number of anilines is 1. The summed E-state index contributed by atoms with van der Waals surface area (Å²) in [6, 6.07) is 12.4. The van der Waals surface area contributed by atoms with Crippen LogP contribution in [0.3, 0.4) is 0 Å². The maximum atomic E-state index is 12.6. The minimum Gasteiger partial charge on any atom is -0.490 e. The summed E-state index contributed by atoms with van der Waals surface area (Å²) in [5.41, 5.74) is 1.45. The molecule has 1 aromatic heterocycles. The Morgan fingerprint density at radius 3 is 2.35 bits per heavy atom. The van der Waals surface area contributed by atoms with Gasteiger partial charge in [-0.2, -0.15) is 5.26 Å². The Labute approximate surface area is 202 Å². The molecule has 0 spiro atoms. The number of hydrogen-bond donors (Lipinski definition) is 1. The molecule has 0 aliphatic rings. The molecule has 2 aromatic carbocycles. The third-order valence-corrected chi connectivity index (χ3v) is 5.45. The second-order valence-corrected chi connectivity index (χ2v) is 8.17. The van der Waals surface area contributed by atoms with Crippen molar-refractivity contribution in [1.29, 1.82) is 5.26 Å². The second-order valence-electron chi connectivity index (χ2n) is 6.88. The molecule has 0 saturated carbocycles. The summed E-state index contributed by atoms with van der Waals surface area (Å²) in [5, 5.41) is 19.8. The van der Waals surface area contributed by atoms with E-state index < -0.39 is 5.25 Å². The minimum absolute atomic E-state index is 0.232. The van der Waals surface area contributed by atoms with Crippen molar-refractivity contribution in [2.24, 2.45) is 0 Å². The van der Waals surface area contributed by atoms with Gasteiger partial charge in [0.05, 0.1) is 36.3 Å². The first-order valence-corrected chi connectivity index (χ1v) is 11.8. The fourth-order valence-electron chi connectivity index (χ4n) is 3.01. The van der Waals surface area contributed by atoms with Gasteiger partial charge in [0.15, 0.2) is 11.5 Å². The minimum atomic E-state index is -0.543. The molecular formula is C24H26N4O5S. The summed E-state index contributed by atoms with van der Waals surface area (Å²) in [5.74, 6) is 1.52. The van der Waals surface area contributed by atoms with Crippen molar-refractivity contribution in [3.05, 3.63) is 42.0 Å². The highest BCUT2D eigenvalue weighted by molar-refractivity contribution is 8.00. The standard InChI is InChI=1S/C24H26N4O5S/c1-5-30-19-12-17(13-20(31-6-2)21(19)32-7-3)23-27-28-24(33-23)34-15(4)22(29)26-18-11-9-8-10-16(18)14-25/h8-13,15H,5-7H2,1-4H3,(H,26,29). The van der Waals surface area contributed by atoms with Gasteiger partial charge in [-0.15, -0.1) is 10.2 Å². The average molecular weight is 483 g/mol. The number of ether oxygens (including phenoxy) is 3. The zero-order valence-electron chi connectivity index (χ0n) is 19.5. The number of benzene rings is 2. The van der Waals surface area contributed by atoms with Crippen LogP contribution in [0.25, 0.3) is 11.5 Å². The van der Waals surface area contributed by atoms with Gasteiger partial charge in [0.2, 0.25) is 17.5 Å². The topological polar surface area (TPSA) is 120 Å². The number of nitriles is 1. The third kappa shape index (κ3) is 5.99. The van der Waals surface area contributed by atoms with Crippen molar-refractivity contribution in [3.8, 4) is 34.8 Å². The molecule has 1 atom stereocenters. The molecule has 0 saturated heterocycles. The quantitative estimate of drug-likeness (QED) is 0.380. The number of aromatic nitrogens is 2. The number of para-hydroxylation sites is 1. The van der Waals surface area contributed by atoms with Gasteiger partial charge in [-0.25, -0.2) is 0 Å². The monoisotopic (exact) mass is 482 g/mol. The first-order valence-electron chi connectivity index (χ1n) is 10.9. The first-order chi connectivity index (χ1) is 16.5. The van der Waals surface area contributed by atoms with Gasteiger partial charge >= 0.3 is 0 Å². The normalized spacial score (nSPS) is 11.4. The van der Waals surface area contributed by atoms with Crippen molar-refractivity contribution >= 4 is 23.4 Å². The van der Waals surface area contributed by atoms with Crippen LogP contribution in [0.4, 0.5) is 5.69 Å². The van der Waals surface area contributed by atoms with E-state index in [1.165, 1.54) is 0 Å². The average Bonchev–Trinajstić information content (AvgIpc) is 3.30. The van der Waals surface area contributed by atoms with E-state index in [2.05, 4.69) is 21.6 Å². The van der Waals surface area contributed by atoms with E-state index in [-0.39, 0.29) is 17.0 Å². The summed E-state index contributed by atoms with van der Waals surface area (Å²) in [7, 11) is 0. The summed E-state index contributed by atoms with van der Waals surface area (Å²) >= 11 is 1.12. The molecule has 34 heavy (non-hydrogen) atoms. The summed E-state index contributed by atoms with van der Waals surface area (Å²) < 4.78 is 23.0. The van der Waals surface area contributed by atoms with Crippen molar-refractivity contribution in [2.75, 3.05) is 25.1 Å². The van der Waals surface area contributed by atoms with E-state index in [1.54, 1.807) is 43.3 Å². The van der Waals surface area contributed by atoms with E-state index in [9.17, 15) is 10.1 Å². The molecule has 1 heterocycles. The lowest BCUT2D eigenvalue weighted by atomic mass is 10.2. The first kappa shape index (κ1) is 24.9. The van der Waals surface area contributed by atoms with Crippen molar-refractivity contribution < 1.29 is 23.4 Å². The Kier molecular flexibility index (Phi) is 8.76. The van der Waals surface area contributed by atoms with Crippen molar-refractivity contribution in [3.63, 3.8) is 0 Å². The van der Waals surface area contributed by atoms with Crippen molar-refractivity contribution in [1.82, 2.24) is 10.2 Å². The van der Waals surface area contributed by atoms with Gasteiger partial charge in [0, 0.05) is 5.56 Å². The highest BCUT2D eigenvalue weighted by Crippen LogP contribution is 2.42. The number of nitrogens with zero attached hydrogens (tertiary/aromatic N) is 3. The molecule has 1 unspecified atom stereocenters. The summed E-state index contributed by atoms with van der Waals surface area (Å²) in [6.45, 7) is 8.72. The Morgan fingerprint density at radius 1 is 1.09 bits per heavy atom. The van der Waals surface area contributed by atoms with E-state index in [0.29, 0.717) is 53.9 Å². The molecule has 3 rings (SSSR count). The zero-order valence-corrected chi connectivity index (χ0v) is 20.3. The second kappa shape index (κ2) is 12.0. The van der Waals surface area contributed by atoms with Gasteiger partial charge in [-0.05, 0) is 52.0 Å². The molecule has 1 N–H and O–H groups in total. The summed E-state index contributed by atoms with van der Waals surface area (Å²) in [6.07, 6.45) is 0. The van der Waals surface area contributed by atoms with Crippen LogP contribution in [0.15, 0.2) is 46.0 Å². The Bertz CT molecular complexity index is 1150. The molecule has 0 aliphatic heterocycles. The SMILES string of the molecule is CCOc1cc(-c2nnc(SC(C)C(=O)Nc3ccccc3C#N)o2)cc(OCC)c1OCC. The predicted octanol–water partition coefficient (Wildman–Crippen LogP) is 4.92. The smallest absolute Gasteiger partial charge is 0.277 e. The Morgan fingerprint density at radius 2 is 1.74 bits per heavy atom. The van der Waals surface area contributed by atoms with Crippen LogP contribution < -0.4 is 19.5 Å². The molecule has 0 fully saturated rings. The predicted molar refractivity (Wildman–Crippen MR) is 128 cm³/mol. The van der Waals surface area contributed by atoms with E-state index in [1.807, 2.05) is 20.8 Å². The van der Waals surface area contributed by atoms with E-state index in [0.717, 1.165) is 11.8 Å². The molecule has 3 aromatic rings. The summed E-state index contributed by atoms with van der Waals surface area (Å²) in [4.78, 5) is 12.6. The van der Waals surface area contributed by atoms with Gasteiger partial charge in [-0.3, -0.25) is 4.79 Å². The van der Waals surface area contributed by atoms with Gasteiger partial charge < -0.3 is 23.9 Å². The maximum absolute atomic E-state index is 12.6. The number of thioether (sulfide) groups is 1. The zero-order chi connectivity index (χ0) is 24.5. The largest absolute Gasteiger partial charge is 0.490 e. The maximum Gasteiger partial charge on any atom is 0.277 e. The number of carbonyl (C=O) groups excluding carboxylic acids is 1. The lowest BCUT2D eigenvalue weighted by Crippen LogP contribution is -2.22. The lowest BCUT2D eigenvalue weighted by molar-refractivity contribution is -0.115. The van der Waals surface area contributed by atoms with Gasteiger partial charge in [0.25, 0.3) is 5.22 Å². The lowest BCUT2D eigenvalue weighted by Gasteiger charge is -2.16. The molecule has 178 valence electrons. The van der Waals surface area contributed by atoms with Crippen LogP contribution >= 0.6 is 11.8 Å². The number of rotatable bonds is 11. The van der Waals surface area contributed by atoms with Crippen LogP contribution in [0.2, 0.25) is 0 Å². The molecular weight excluding hydrogens is 456 g/mol. The molecule has 0 aliphatic carbocycles.